The third kappa shape index (κ3) is 3.34. The lowest BCUT2D eigenvalue weighted by atomic mass is 10.2. The maximum Gasteiger partial charge on any atom is 0.433 e. The Hall–Kier alpha value is -4.02. The number of nitrogens with one attached hydrogen (secondary N) is 1. The monoisotopic (exact) mass is 344 g/mol. The van der Waals surface area contributed by atoms with Crippen LogP contribution in [0.15, 0.2) is 50.3 Å². The van der Waals surface area contributed by atoms with Crippen LogP contribution < -0.4 is 5.43 Å². The van der Waals surface area contributed by atoms with Crippen LogP contribution in [0.5, 0.6) is 0 Å². The van der Waals surface area contributed by atoms with Gasteiger partial charge in [0.1, 0.15) is 10.5 Å². The third-order valence-electron chi connectivity index (χ3n) is 3.08. The van der Waals surface area contributed by atoms with E-state index in [4.69, 9.17) is 8.83 Å². The van der Waals surface area contributed by atoms with Gasteiger partial charge in [-0.25, -0.2) is 5.43 Å². The molecule has 1 aromatic carbocycles. The Kier molecular flexibility index (Phi) is 3.95. The van der Waals surface area contributed by atoms with Gasteiger partial charge >= 0.3 is 11.8 Å². The molecular formula is C14H8N4O7. The van der Waals surface area contributed by atoms with E-state index in [1.165, 1.54) is 30.3 Å². The summed E-state index contributed by atoms with van der Waals surface area (Å²) in [6.07, 6.45) is 1.08. The third-order valence-corrected chi connectivity index (χ3v) is 3.08. The molecule has 0 saturated carbocycles. The van der Waals surface area contributed by atoms with E-state index in [1.54, 1.807) is 0 Å². The van der Waals surface area contributed by atoms with E-state index < -0.39 is 21.6 Å². The fourth-order valence-corrected chi connectivity index (χ4v) is 1.98. The molecule has 0 aliphatic heterocycles. The smallest absolute Gasteiger partial charge is 0.433 e. The summed E-state index contributed by atoms with van der Waals surface area (Å²) in [4.78, 5) is 31.9. The Morgan fingerprint density at radius 3 is 2.56 bits per heavy atom. The molecule has 1 amide bonds. The van der Waals surface area contributed by atoms with Crippen LogP contribution in [0.25, 0.3) is 11.0 Å². The number of nitrogens with zero attached hydrogens (tertiary/aromatic N) is 3. The fourth-order valence-electron chi connectivity index (χ4n) is 1.98. The highest BCUT2D eigenvalue weighted by Crippen LogP contribution is 2.24. The number of furan rings is 2. The van der Waals surface area contributed by atoms with E-state index in [2.05, 4.69) is 10.5 Å². The van der Waals surface area contributed by atoms with E-state index >= 15 is 0 Å². The van der Waals surface area contributed by atoms with Crippen molar-refractivity contribution in [3.63, 3.8) is 0 Å². The number of carbonyl (C=O) groups is 1. The van der Waals surface area contributed by atoms with Gasteiger partial charge in [-0.1, -0.05) is 0 Å². The van der Waals surface area contributed by atoms with E-state index in [1.807, 2.05) is 0 Å². The van der Waals surface area contributed by atoms with E-state index in [9.17, 15) is 25.0 Å². The van der Waals surface area contributed by atoms with Crippen molar-refractivity contribution in [1.82, 2.24) is 5.43 Å². The number of fused-ring (bicyclic) bond motifs is 1. The molecule has 11 nitrogen and oxygen atoms in total. The van der Waals surface area contributed by atoms with Crippen LogP contribution in [-0.4, -0.2) is 22.0 Å². The fraction of sp³-hybridized carbons (Fsp3) is 0. The average molecular weight is 344 g/mol. The summed E-state index contributed by atoms with van der Waals surface area (Å²) in [5, 5.41) is 25.2. The molecule has 3 aromatic rings. The summed E-state index contributed by atoms with van der Waals surface area (Å²) < 4.78 is 10.1. The van der Waals surface area contributed by atoms with Gasteiger partial charge in [-0.3, -0.25) is 25.0 Å². The topological polar surface area (TPSA) is 154 Å². The van der Waals surface area contributed by atoms with Crippen molar-refractivity contribution in [1.29, 1.82) is 0 Å². The van der Waals surface area contributed by atoms with Crippen LogP contribution in [0.4, 0.5) is 11.6 Å². The highest BCUT2D eigenvalue weighted by molar-refractivity contribution is 5.96. The first-order valence-electron chi connectivity index (χ1n) is 6.69. The van der Waals surface area contributed by atoms with Gasteiger partial charge in [0.2, 0.25) is 0 Å². The molecule has 0 unspecified atom stereocenters. The van der Waals surface area contributed by atoms with Crippen molar-refractivity contribution in [2.75, 3.05) is 0 Å². The minimum atomic E-state index is -0.705. The highest BCUT2D eigenvalue weighted by Gasteiger charge is 2.15. The SMILES string of the molecule is O=C(N/N=C/c1ccc([N+](=O)[O-])o1)c1cc2cc([N+](=O)[O-])ccc2o1. The molecule has 0 bridgehead atoms. The number of rotatable bonds is 5. The second-order valence-corrected chi connectivity index (χ2v) is 4.72. The lowest BCUT2D eigenvalue weighted by Gasteiger charge is -1.93. The van der Waals surface area contributed by atoms with Crippen LogP contribution in [0.1, 0.15) is 16.3 Å². The van der Waals surface area contributed by atoms with Crippen LogP contribution >= 0.6 is 0 Å². The summed E-state index contributed by atoms with van der Waals surface area (Å²) in [6.45, 7) is 0. The van der Waals surface area contributed by atoms with Gasteiger partial charge in [0.25, 0.3) is 5.69 Å². The number of carbonyl (C=O) groups excluding carboxylic acids is 1. The van der Waals surface area contributed by atoms with Crippen molar-refractivity contribution in [3.05, 3.63) is 68.1 Å². The largest absolute Gasteiger partial charge is 0.451 e. The number of non-ortho nitro benzene ring substituents is 1. The Balaban J connectivity index is 1.72. The molecule has 2 aromatic heterocycles. The van der Waals surface area contributed by atoms with E-state index in [-0.39, 0.29) is 17.2 Å². The minimum absolute atomic E-state index is 0.0761. The van der Waals surface area contributed by atoms with Crippen LogP contribution in [0.2, 0.25) is 0 Å². The second-order valence-electron chi connectivity index (χ2n) is 4.72. The minimum Gasteiger partial charge on any atom is -0.451 e. The van der Waals surface area contributed by atoms with Gasteiger partial charge in [-0.15, -0.1) is 0 Å². The number of hydrazone groups is 1. The molecule has 0 aliphatic carbocycles. The molecule has 25 heavy (non-hydrogen) atoms. The summed E-state index contributed by atoms with van der Waals surface area (Å²) in [5.41, 5.74) is 2.34. The summed E-state index contributed by atoms with van der Waals surface area (Å²) in [5.74, 6) is -1.17. The van der Waals surface area contributed by atoms with Gasteiger partial charge < -0.3 is 8.83 Å². The molecule has 0 aliphatic rings. The number of hydrogen-bond acceptors (Lipinski definition) is 8. The Morgan fingerprint density at radius 1 is 1.08 bits per heavy atom. The number of nitro groups is 2. The normalized spacial score (nSPS) is 11.0. The quantitative estimate of drug-likeness (QED) is 0.423. The van der Waals surface area contributed by atoms with Crippen molar-refractivity contribution in [3.8, 4) is 0 Å². The van der Waals surface area contributed by atoms with Crippen molar-refractivity contribution in [2.45, 2.75) is 0 Å². The maximum atomic E-state index is 11.9. The maximum absolute atomic E-state index is 11.9. The predicted octanol–water partition coefficient (Wildman–Crippen LogP) is 2.61. The predicted molar refractivity (Wildman–Crippen MR) is 83.3 cm³/mol. The van der Waals surface area contributed by atoms with E-state index in [0.717, 1.165) is 12.3 Å². The Morgan fingerprint density at radius 2 is 1.88 bits per heavy atom. The Labute approximate surface area is 137 Å². The molecule has 0 fully saturated rings. The molecular weight excluding hydrogens is 336 g/mol. The molecule has 0 radical (unpaired) electrons. The molecule has 3 rings (SSSR count). The average Bonchev–Trinajstić information content (AvgIpc) is 3.20. The van der Waals surface area contributed by atoms with Gasteiger partial charge in [0.15, 0.2) is 11.5 Å². The zero-order valence-electron chi connectivity index (χ0n) is 12.2. The molecule has 126 valence electrons. The zero-order valence-corrected chi connectivity index (χ0v) is 12.2. The highest BCUT2D eigenvalue weighted by atomic mass is 16.6. The summed E-state index contributed by atoms with van der Waals surface area (Å²) in [6, 6.07) is 7.72. The summed E-state index contributed by atoms with van der Waals surface area (Å²) in [7, 11) is 0. The molecule has 2 heterocycles. The van der Waals surface area contributed by atoms with Gasteiger partial charge in [0.05, 0.1) is 17.2 Å². The van der Waals surface area contributed by atoms with Crippen LogP contribution in [0, 0.1) is 20.2 Å². The van der Waals surface area contributed by atoms with Crippen molar-refractivity contribution in [2.24, 2.45) is 5.10 Å². The molecule has 0 spiro atoms. The van der Waals surface area contributed by atoms with Crippen LogP contribution in [-0.2, 0) is 0 Å². The van der Waals surface area contributed by atoms with Gasteiger partial charge in [-0.05, 0) is 18.2 Å². The van der Waals surface area contributed by atoms with E-state index in [0.29, 0.717) is 11.0 Å². The second kappa shape index (κ2) is 6.23. The lowest BCUT2D eigenvalue weighted by Crippen LogP contribution is -2.16. The number of nitro benzene ring substituents is 1. The number of benzene rings is 1. The lowest BCUT2D eigenvalue weighted by molar-refractivity contribution is -0.402. The molecule has 1 N–H and O–H groups in total. The summed E-state index contributed by atoms with van der Waals surface area (Å²) >= 11 is 0. The van der Waals surface area contributed by atoms with Crippen molar-refractivity contribution >= 4 is 34.7 Å². The first-order chi connectivity index (χ1) is 11.9. The van der Waals surface area contributed by atoms with Crippen molar-refractivity contribution < 1.29 is 23.5 Å². The first kappa shape index (κ1) is 15.9. The van der Waals surface area contributed by atoms with Gasteiger partial charge in [0, 0.05) is 17.5 Å². The zero-order chi connectivity index (χ0) is 18.0. The van der Waals surface area contributed by atoms with Crippen LogP contribution in [0.3, 0.4) is 0 Å². The molecule has 11 heteroatoms. The first-order valence-corrected chi connectivity index (χ1v) is 6.69. The standard InChI is InChI=1S/C14H8N4O7/c19-14(16-15-7-10-2-4-13(24-10)18(22)23)12-6-8-5-9(17(20)21)1-3-11(8)25-12/h1-7H,(H,16,19)/b15-7+. The number of amides is 1. The Bertz CT molecular complexity index is 1020. The number of hydrogen-bond donors (Lipinski definition) is 1. The van der Waals surface area contributed by atoms with Gasteiger partial charge in [-0.2, -0.15) is 5.10 Å². The molecule has 0 atom stereocenters. The molecule has 0 saturated heterocycles.